The highest BCUT2D eigenvalue weighted by Gasteiger charge is 1.81. The molecule has 2 nitrogen and oxygen atoms in total. The Morgan fingerprint density at radius 1 is 0.909 bits per heavy atom. The maximum absolute atomic E-state index is 3.11. The van der Waals surface area contributed by atoms with Gasteiger partial charge in [0, 0.05) is 0 Å². The van der Waals surface area contributed by atoms with Crippen molar-refractivity contribution in [2.75, 3.05) is 33.2 Å². The van der Waals surface area contributed by atoms with Crippen molar-refractivity contribution < 1.29 is 0 Å². The monoisotopic (exact) mass is 160 g/mol. The second-order valence-electron chi connectivity index (χ2n) is 2.45. The Kier molecular flexibility index (Phi) is 15.4. The lowest BCUT2D eigenvalue weighted by atomic mass is 10.6. The lowest BCUT2D eigenvalue weighted by Gasteiger charge is -2.07. The number of hydrogen-bond acceptors (Lipinski definition) is 2. The van der Waals surface area contributed by atoms with Gasteiger partial charge in [-0.3, -0.25) is 0 Å². The third kappa shape index (κ3) is 17.8. The van der Waals surface area contributed by atoms with Crippen LogP contribution in [-0.4, -0.2) is 38.1 Å². The van der Waals surface area contributed by atoms with Crippen molar-refractivity contribution in [2.45, 2.75) is 27.7 Å². The summed E-state index contributed by atoms with van der Waals surface area (Å²) in [5.74, 6) is 0. The summed E-state index contributed by atoms with van der Waals surface area (Å²) in [6.07, 6.45) is 0. The molecule has 1 N–H and O–H groups in total. The van der Waals surface area contributed by atoms with Crippen LogP contribution in [0.2, 0.25) is 0 Å². The molecule has 0 heterocycles. The van der Waals surface area contributed by atoms with Gasteiger partial charge in [-0.2, -0.15) is 0 Å². The highest BCUT2D eigenvalue weighted by molar-refractivity contribution is 4.36. The van der Waals surface area contributed by atoms with Gasteiger partial charge in [0.15, 0.2) is 0 Å². The summed E-state index contributed by atoms with van der Waals surface area (Å²) in [6.45, 7) is 13.0. The van der Waals surface area contributed by atoms with E-state index in [1.807, 2.05) is 0 Å². The molecule has 0 aromatic carbocycles. The van der Waals surface area contributed by atoms with Crippen molar-refractivity contribution in [2.24, 2.45) is 0 Å². The van der Waals surface area contributed by atoms with Crippen LogP contribution >= 0.6 is 0 Å². The fourth-order valence-corrected chi connectivity index (χ4v) is 0.474. The van der Waals surface area contributed by atoms with E-state index in [1.54, 1.807) is 0 Å². The number of rotatable bonds is 4. The minimum absolute atomic E-state index is 1.09. The highest BCUT2D eigenvalue weighted by Crippen LogP contribution is 1.73. The lowest BCUT2D eigenvalue weighted by molar-refractivity contribution is 0.373. The number of nitrogens with one attached hydrogen (secondary N) is 1. The second kappa shape index (κ2) is 12.6. The van der Waals surface area contributed by atoms with E-state index in [1.165, 1.54) is 0 Å². The van der Waals surface area contributed by atoms with Gasteiger partial charge >= 0.3 is 0 Å². The van der Waals surface area contributed by atoms with Gasteiger partial charge in [0.2, 0.25) is 0 Å². The molecule has 0 unspecified atom stereocenters. The molecule has 0 aliphatic heterocycles. The first kappa shape index (κ1) is 13.5. The summed E-state index contributed by atoms with van der Waals surface area (Å²) in [7, 11) is 2.11. The Balaban J connectivity index is 0. The molecule has 11 heavy (non-hydrogen) atoms. The van der Waals surface area contributed by atoms with Crippen LogP contribution in [0, 0.1) is 0 Å². The van der Waals surface area contributed by atoms with Gasteiger partial charge in [-0.25, -0.2) is 0 Å². The van der Waals surface area contributed by atoms with E-state index in [2.05, 4.69) is 45.0 Å². The fourth-order valence-electron chi connectivity index (χ4n) is 0.474. The van der Waals surface area contributed by atoms with E-state index in [9.17, 15) is 0 Å². The third-order valence-corrected chi connectivity index (χ3v) is 1.58. The minimum Gasteiger partial charge on any atom is -0.317 e. The van der Waals surface area contributed by atoms with Gasteiger partial charge in [0.05, 0.1) is 0 Å². The van der Waals surface area contributed by atoms with Crippen molar-refractivity contribution in [3.05, 3.63) is 0 Å². The standard InChI is InChI=1S/C5H13N.C4H11N/c1-4-6(3)5-2;1-3-5-4-2/h4-5H2,1-3H3;5H,3-4H2,1-2H3. The predicted octanol–water partition coefficient (Wildman–Crippen LogP) is 1.57. The van der Waals surface area contributed by atoms with E-state index >= 15 is 0 Å². The molecule has 0 amide bonds. The first-order valence-electron chi connectivity index (χ1n) is 4.62. The van der Waals surface area contributed by atoms with Crippen LogP contribution in [0.3, 0.4) is 0 Å². The molecule has 0 fully saturated rings. The molecule has 2 heteroatoms. The zero-order valence-electron chi connectivity index (χ0n) is 8.78. The molecule has 0 aromatic heterocycles. The Morgan fingerprint density at radius 3 is 1.27 bits per heavy atom. The maximum atomic E-state index is 3.11. The van der Waals surface area contributed by atoms with Crippen molar-refractivity contribution in [1.29, 1.82) is 0 Å². The lowest BCUT2D eigenvalue weighted by Crippen LogP contribution is -2.15. The van der Waals surface area contributed by atoms with Gasteiger partial charge in [0.1, 0.15) is 0 Å². The summed E-state index contributed by atoms with van der Waals surface area (Å²) in [5, 5.41) is 3.11. The topological polar surface area (TPSA) is 15.3 Å². The van der Waals surface area contributed by atoms with Crippen LogP contribution in [0.4, 0.5) is 0 Å². The Bertz CT molecular complexity index is 49.5. The predicted molar refractivity (Wildman–Crippen MR) is 53.1 cm³/mol. The van der Waals surface area contributed by atoms with Gasteiger partial charge in [0.25, 0.3) is 0 Å². The Morgan fingerprint density at radius 2 is 1.27 bits per heavy atom. The van der Waals surface area contributed by atoms with Crippen molar-refractivity contribution in [3.63, 3.8) is 0 Å². The summed E-state index contributed by atoms with van der Waals surface area (Å²) < 4.78 is 0. The summed E-state index contributed by atoms with van der Waals surface area (Å²) in [4.78, 5) is 2.25. The fraction of sp³-hybridized carbons (Fsp3) is 1.00. The van der Waals surface area contributed by atoms with Gasteiger partial charge < -0.3 is 10.2 Å². The molecule has 70 valence electrons. The molecule has 0 saturated heterocycles. The molecular formula is C9H24N2. The molecule has 0 aliphatic rings. The van der Waals surface area contributed by atoms with Crippen LogP contribution in [0.5, 0.6) is 0 Å². The summed E-state index contributed by atoms with van der Waals surface area (Å²) >= 11 is 0. The van der Waals surface area contributed by atoms with Crippen LogP contribution in [0.15, 0.2) is 0 Å². The number of hydrogen-bond donors (Lipinski definition) is 1. The van der Waals surface area contributed by atoms with Gasteiger partial charge in [-0.1, -0.05) is 27.7 Å². The van der Waals surface area contributed by atoms with Crippen LogP contribution in [0.1, 0.15) is 27.7 Å². The van der Waals surface area contributed by atoms with Crippen LogP contribution in [0.25, 0.3) is 0 Å². The SMILES string of the molecule is CCN(C)CC.CCNCC. The van der Waals surface area contributed by atoms with Gasteiger partial charge in [-0.05, 0) is 33.2 Å². The molecule has 0 aliphatic carbocycles. The van der Waals surface area contributed by atoms with E-state index in [0.29, 0.717) is 0 Å². The van der Waals surface area contributed by atoms with E-state index < -0.39 is 0 Å². The largest absolute Gasteiger partial charge is 0.317 e. The van der Waals surface area contributed by atoms with Crippen molar-refractivity contribution in [1.82, 2.24) is 10.2 Å². The third-order valence-electron chi connectivity index (χ3n) is 1.58. The molecule has 0 spiro atoms. The average molecular weight is 160 g/mol. The van der Waals surface area contributed by atoms with Gasteiger partial charge in [-0.15, -0.1) is 0 Å². The first-order valence-corrected chi connectivity index (χ1v) is 4.62. The van der Waals surface area contributed by atoms with Crippen LogP contribution in [-0.2, 0) is 0 Å². The molecule has 0 aromatic rings. The zero-order chi connectivity index (χ0) is 9.11. The molecule has 0 saturated carbocycles. The summed E-state index contributed by atoms with van der Waals surface area (Å²) in [6, 6.07) is 0. The summed E-state index contributed by atoms with van der Waals surface area (Å²) in [5.41, 5.74) is 0. The zero-order valence-corrected chi connectivity index (χ0v) is 8.78. The molecular weight excluding hydrogens is 136 g/mol. The van der Waals surface area contributed by atoms with Crippen LogP contribution < -0.4 is 5.32 Å². The highest BCUT2D eigenvalue weighted by atomic mass is 15.1. The molecule has 0 bridgehead atoms. The first-order chi connectivity index (χ1) is 5.22. The molecule has 0 radical (unpaired) electrons. The minimum atomic E-state index is 1.09. The second-order valence-corrected chi connectivity index (χ2v) is 2.45. The van der Waals surface area contributed by atoms with Crippen molar-refractivity contribution in [3.8, 4) is 0 Å². The molecule has 0 rings (SSSR count). The van der Waals surface area contributed by atoms with E-state index in [4.69, 9.17) is 0 Å². The number of nitrogens with zero attached hydrogens (tertiary/aromatic N) is 1. The Labute approximate surface area is 72.0 Å². The normalized spacial score (nSPS) is 9.27. The quantitative estimate of drug-likeness (QED) is 0.671. The average Bonchev–Trinajstić information content (AvgIpc) is 2.06. The Hall–Kier alpha value is -0.0800. The maximum Gasteiger partial charge on any atom is -0.00504 e. The van der Waals surface area contributed by atoms with E-state index in [0.717, 1.165) is 26.2 Å². The smallest absolute Gasteiger partial charge is 0.00504 e. The molecule has 0 atom stereocenters. The van der Waals surface area contributed by atoms with Crippen molar-refractivity contribution >= 4 is 0 Å². The van der Waals surface area contributed by atoms with E-state index in [-0.39, 0.29) is 0 Å².